The molecule has 28 heavy (non-hydrogen) atoms. The van der Waals surface area contributed by atoms with E-state index in [2.05, 4.69) is 104 Å². The first kappa shape index (κ1) is 17.7. The van der Waals surface area contributed by atoms with Crippen LogP contribution in [0.25, 0.3) is 5.57 Å². The highest BCUT2D eigenvalue weighted by atomic mass is 15.0. The molecule has 0 spiro atoms. The Balaban J connectivity index is 1.49. The van der Waals surface area contributed by atoms with E-state index in [0.29, 0.717) is 23.9 Å². The third-order valence-electron chi connectivity index (χ3n) is 7.00. The summed E-state index contributed by atoms with van der Waals surface area (Å²) in [7, 11) is 0. The van der Waals surface area contributed by atoms with Crippen LogP contribution in [0.5, 0.6) is 0 Å². The van der Waals surface area contributed by atoms with Gasteiger partial charge in [0.05, 0.1) is 0 Å². The summed E-state index contributed by atoms with van der Waals surface area (Å²) in [6.45, 7) is 4.92. The van der Waals surface area contributed by atoms with Crippen molar-refractivity contribution in [1.82, 2.24) is 5.32 Å². The molecule has 1 aromatic rings. The number of allylic oxidation sites excluding steroid dienone is 8. The standard InChI is InChI=1S/C27H29N/c1-27(2)23-17-21(19-9-5-3-6-10-19)13-15-25(23)28-26-16-14-22(18-24(26)27)20-11-7-4-8-12-20/h3,5-7,9-18,23-26,28H,4,8H2,1-2H3. The van der Waals surface area contributed by atoms with Crippen molar-refractivity contribution in [2.45, 2.75) is 38.8 Å². The smallest absolute Gasteiger partial charge is 0.0327 e. The number of fused-ring (bicyclic) bond motifs is 2. The summed E-state index contributed by atoms with van der Waals surface area (Å²) < 4.78 is 0. The SMILES string of the molecule is CC1(C)C2C=C(C3=CCCC=C3)C=CC2NC2C=CC(c3ccccc3)=CC21. The lowest BCUT2D eigenvalue weighted by Crippen LogP contribution is -2.59. The number of hydrogen-bond donors (Lipinski definition) is 1. The van der Waals surface area contributed by atoms with Crippen molar-refractivity contribution in [1.29, 1.82) is 0 Å². The highest BCUT2D eigenvalue weighted by Crippen LogP contribution is 2.49. The molecular weight excluding hydrogens is 338 g/mol. The van der Waals surface area contributed by atoms with Gasteiger partial charge in [0.2, 0.25) is 0 Å². The lowest BCUT2D eigenvalue weighted by molar-refractivity contribution is 0.0856. The van der Waals surface area contributed by atoms with Gasteiger partial charge in [0, 0.05) is 23.9 Å². The van der Waals surface area contributed by atoms with Crippen molar-refractivity contribution in [2.24, 2.45) is 17.3 Å². The largest absolute Gasteiger partial charge is 0.303 e. The molecule has 1 N–H and O–H groups in total. The second-order valence-corrected chi connectivity index (χ2v) is 9.06. The van der Waals surface area contributed by atoms with Crippen LogP contribution in [-0.2, 0) is 0 Å². The van der Waals surface area contributed by atoms with E-state index >= 15 is 0 Å². The number of piperidine rings is 1. The van der Waals surface area contributed by atoms with E-state index in [9.17, 15) is 0 Å². The first-order valence-corrected chi connectivity index (χ1v) is 10.6. The summed E-state index contributed by atoms with van der Waals surface area (Å²) in [5.74, 6) is 0.971. The molecular formula is C27H29N. The molecule has 1 aliphatic heterocycles. The fourth-order valence-electron chi connectivity index (χ4n) is 5.32. The molecule has 0 amide bonds. The zero-order chi connectivity index (χ0) is 19.1. The summed E-state index contributed by atoms with van der Waals surface area (Å²) in [4.78, 5) is 0. The van der Waals surface area contributed by atoms with Gasteiger partial charge in [0.15, 0.2) is 0 Å². The molecule has 3 aliphatic carbocycles. The summed E-state index contributed by atoms with van der Waals surface area (Å²) in [5, 5.41) is 3.91. The Bertz CT molecular complexity index is 936. The van der Waals surface area contributed by atoms with Gasteiger partial charge < -0.3 is 5.32 Å². The molecule has 1 heterocycles. The number of nitrogens with one attached hydrogen (secondary N) is 1. The normalized spacial score (nSPS) is 32.7. The molecule has 4 aliphatic rings. The topological polar surface area (TPSA) is 12.0 Å². The van der Waals surface area contributed by atoms with Gasteiger partial charge in [-0.15, -0.1) is 0 Å². The van der Waals surface area contributed by atoms with E-state index in [-0.39, 0.29) is 5.41 Å². The van der Waals surface area contributed by atoms with Crippen molar-refractivity contribution < 1.29 is 0 Å². The lowest BCUT2D eigenvalue weighted by Gasteiger charge is -2.52. The predicted octanol–water partition coefficient (Wildman–Crippen LogP) is 6.01. The van der Waals surface area contributed by atoms with E-state index in [0.717, 1.165) is 6.42 Å². The number of hydrogen-bond acceptors (Lipinski definition) is 1. The molecule has 5 rings (SSSR count). The maximum atomic E-state index is 3.91. The highest BCUT2D eigenvalue weighted by Gasteiger charge is 2.48. The van der Waals surface area contributed by atoms with Gasteiger partial charge in [-0.05, 0) is 40.5 Å². The Kier molecular flexibility index (Phi) is 4.36. The Labute approximate surface area is 168 Å². The molecule has 1 fully saturated rings. The van der Waals surface area contributed by atoms with Gasteiger partial charge in [-0.3, -0.25) is 0 Å². The van der Waals surface area contributed by atoms with Crippen LogP contribution < -0.4 is 5.32 Å². The van der Waals surface area contributed by atoms with Crippen LogP contribution in [-0.4, -0.2) is 12.1 Å². The van der Waals surface area contributed by atoms with E-state index < -0.39 is 0 Å². The fourth-order valence-corrected chi connectivity index (χ4v) is 5.32. The Morgan fingerprint density at radius 1 is 0.786 bits per heavy atom. The molecule has 0 radical (unpaired) electrons. The van der Waals surface area contributed by atoms with E-state index in [1.807, 2.05) is 0 Å². The molecule has 142 valence electrons. The first-order valence-electron chi connectivity index (χ1n) is 10.6. The van der Waals surface area contributed by atoms with Crippen molar-refractivity contribution in [3.8, 4) is 0 Å². The molecule has 0 bridgehead atoms. The van der Waals surface area contributed by atoms with Crippen LogP contribution in [0.2, 0.25) is 0 Å². The van der Waals surface area contributed by atoms with Crippen molar-refractivity contribution in [3.63, 3.8) is 0 Å². The molecule has 4 unspecified atom stereocenters. The van der Waals surface area contributed by atoms with Gasteiger partial charge >= 0.3 is 0 Å². The van der Waals surface area contributed by atoms with E-state index in [1.165, 1.54) is 28.7 Å². The van der Waals surface area contributed by atoms with E-state index in [4.69, 9.17) is 0 Å². The average molecular weight is 368 g/mol. The van der Waals surface area contributed by atoms with Crippen molar-refractivity contribution in [2.75, 3.05) is 0 Å². The summed E-state index contributed by atoms with van der Waals surface area (Å²) >= 11 is 0. The zero-order valence-electron chi connectivity index (χ0n) is 16.8. The maximum Gasteiger partial charge on any atom is 0.0327 e. The lowest BCUT2D eigenvalue weighted by atomic mass is 9.58. The first-order chi connectivity index (χ1) is 13.6. The minimum Gasteiger partial charge on any atom is -0.303 e. The number of rotatable bonds is 2. The van der Waals surface area contributed by atoms with Gasteiger partial charge in [-0.2, -0.15) is 0 Å². The monoisotopic (exact) mass is 367 g/mol. The van der Waals surface area contributed by atoms with Crippen LogP contribution in [0.4, 0.5) is 0 Å². The molecule has 1 heteroatoms. The Hall–Kier alpha value is -2.38. The summed E-state index contributed by atoms with van der Waals surface area (Å²) in [6, 6.07) is 11.6. The van der Waals surface area contributed by atoms with Crippen LogP contribution in [0.15, 0.2) is 96.2 Å². The third-order valence-corrected chi connectivity index (χ3v) is 7.00. The van der Waals surface area contributed by atoms with Crippen molar-refractivity contribution in [3.05, 3.63) is 102 Å². The van der Waals surface area contributed by atoms with Crippen molar-refractivity contribution >= 4 is 5.57 Å². The third kappa shape index (κ3) is 2.99. The summed E-state index contributed by atoms with van der Waals surface area (Å²) in [5.41, 5.74) is 5.63. The number of benzene rings is 1. The average Bonchev–Trinajstić information content (AvgIpc) is 2.75. The van der Waals surface area contributed by atoms with Gasteiger partial charge in [0.25, 0.3) is 0 Å². The molecule has 4 atom stereocenters. The van der Waals surface area contributed by atoms with Crippen LogP contribution in [0, 0.1) is 17.3 Å². The second-order valence-electron chi connectivity index (χ2n) is 9.06. The molecule has 0 aromatic heterocycles. The summed E-state index contributed by atoms with van der Waals surface area (Å²) in [6.07, 6.45) is 23.7. The maximum absolute atomic E-state index is 3.91. The predicted molar refractivity (Wildman–Crippen MR) is 119 cm³/mol. The Morgan fingerprint density at radius 3 is 2.14 bits per heavy atom. The minimum atomic E-state index is 0.181. The van der Waals surface area contributed by atoms with Gasteiger partial charge in [-0.1, -0.05) is 98.9 Å². The zero-order valence-corrected chi connectivity index (χ0v) is 16.8. The second kappa shape index (κ2) is 6.90. The minimum absolute atomic E-state index is 0.181. The van der Waals surface area contributed by atoms with Gasteiger partial charge in [0.1, 0.15) is 0 Å². The van der Waals surface area contributed by atoms with Gasteiger partial charge in [-0.25, -0.2) is 0 Å². The molecule has 0 saturated carbocycles. The molecule has 1 aromatic carbocycles. The highest BCUT2D eigenvalue weighted by molar-refractivity contribution is 5.75. The van der Waals surface area contributed by atoms with E-state index in [1.54, 1.807) is 0 Å². The fraction of sp³-hybridized carbons (Fsp3) is 0.333. The van der Waals surface area contributed by atoms with Crippen LogP contribution >= 0.6 is 0 Å². The molecule has 1 nitrogen and oxygen atoms in total. The van der Waals surface area contributed by atoms with Crippen LogP contribution in [0.1, 0.15) is 32.3 Å². The quantitative estimate of drug-likeness (QED) is 0.675. The van der Waals surface area contributed by atoms with Crippen LogP contribution in [0.3, 0.4) is 0 Å². The Morgan fingerprint density at radius 2 is 1.46 bits per heavy atom. The molecule has 1 saturated heterocycles.